The number of nitrogens with one attached hydrogen (secondary N) is 1. The molecule has 252 valence electrons. The molecule has 6 heterocycles. The molecular formula is C25H32N12O9S. The Morgan fingerprint density at radius 1 is 0.894 bits per heavy atom. The van der Waals surface area contributed by atoms with Crippen molar-refractivity contribution in [3.63, 3.8) is 0 Å². The van der Waals surface area contributed by atoms with E-state index in [0.717, 1.165) is 0 Å². The number of aliphatic hydroxyl groups excluding tert-OH is 4. The fourth-order valence-electron chi connectivity index (χ4n) is 5.30. The predicted octanol–water partition coefficient (Wildman–Crippen LogP) is -4.68. The van der Waals surface area contributed by atoms with Gasteiger partial charge in [0.25, 0.3) is 0 Å². The Kier molecular flexibility index (Phi) is 9.18. The second-order valence-electron chi connectivity index (χ2n) is 10.7. The standard InChI is InChI=1S/C25H32N12O9S/c26-3-5-47(42,43)34-6-11-16(38)19(41)25(45-11)37-13(35-15-21(28)30-9-32-23(15)37)2-1-4-44-7-12-17(39)18(40)24(46-12)36-10-33-14-20(27)29-8-31-22(14)36/h8-12,16-19,24-25,34,38-41H,3-7,26H2,(H2,27,29,31)(H2,28,30,32)/t11-,12-,16-,17-,18-,19-,24-,25-/m1/s1. The number of sulfonamides is 1. The molecule has 2 saturated heterocycles. The zero-order valence-corrected chi connectivity index (χ0v) is 25.3. The summed E-state index contributed by atoms with van der Waals surface area (Å²) >= 11 is 0. The van der Waals surface area contributed by atoms with Gasteiger partial charge in [-0.25, -0.2) is 43.0 Å². The van der Waals surface area contributed by atoms with Crippen LogP contribution in [0.3, 0.4) is 0 Å². The molecule has 21 nitrogen and oxygen atoms in total. The van der Waals surface area contributed by atoms with Crippen molar-refractivity contribution < 1.29 is 43.1 Å². The van der Waals surface area contributed by atoms with E-state index in [1.54, 1.807) is 0 Å². The van der Waals surface area contributed by atoms with Crippen molar-refractivity contribution in [1.82, 2.24) is 43.8 Å². The molecule has 0 amide bonds. The van der Waals surface area contributed by atoms with Crippen LogP contribution in [0.25, 0.3) is 22.3 Å². The molecule has 0 unspecified atom stereocenters. The summed E-state index contributed by atoms with van der Waals surface area (Å²) in [5.41, 5.74) is 18.1. The maximum Gasteiger partial charge on any atom is 0.212 e. The quantitative estimate of drug-likeness (QED) is 0.0578. The van der Waals surface area contributed by atoms with Crippen LogP contribution in [-0.2, 0) is 24.2 Å². The van der Waals surface area contributed by atoms with Crippen molar-refractivity contribution in [3.05, 3.63) is 24.8 Å². The van der Waals surface area contributed by atoms with Crippen LogP contribution in [0.4, 0.5) is 11.6 Å². The molecular weight excluding hydrogens is 644 g/mol. The van der Waals surface area contributed by atoms with E-state index in [9.17, 15) is 28.8 Å². The number of nitrogens with two attached hydrogens (primary N) is 3. The van der Waals surface area contributed by atoms with Crippen molar-refractivity contribution in [2.45, 2.75) is 49.1 Å². The highest BCUT2D eigenvalue weighted by molar-refractivity contribution is 7.89. The fourth-order valence-corrected chi connectivity index (χ4v) is 6.17. The maximum absolute atomic E-state index is 12.1. The average molecular weight is 677 g/mol. The topological polar surface area (TPSA) is 320 Å². The van der Waals surface area contributed by atoms with E-state index in [4.69, 9.17) is 31.4 Å². The van der Waals surface area contributed by atoms with Gasteiger partial charge in [-0.05, 0) is 5.92 Å². The van der Waals surface area contributed by atoms with Crippen molar-refractivity contribution in [3.8, 4) is 11.8 Å². The van der Waals surface area contributed by atoms with Crippen LogP contribution in [0.5, 0.6) is 0 Å². The van der Waals surface area contributed by atoms with Gasteiger partial charge in [-0.1, -0.05) is 5.92 Å². The number of nitrogens with zero attached hydrogens (tertiary/aromatic N) is 8. The van der Waals surface area contributed by atoms with E-state index in [2.05, 4.69) is 46.5 Å². The lowest BCUT2D eigenvalue weighted by Crippen LogP contribution is -2.41. The van der Waals surface area contributed by atoms with Gasteiger partial charge in [0.2, 0.25) is 10.0 Å². The normalized spacial score (nSPS) is 27.9. The van der Waals surface area contributed by atoms with Gasteiger partial charge in [-0.3, -0.25) is 9.13 Å². The van der Waals surface area contributed by atoms with Gasteiger partial charge in [0.05, 0.1) is 18.7 Å². The van der Waals surface area contributed by atoms with Gasteiger partial charge in [-0.2, -0.15) is 0 Å². The highest BCUT2D eigenvalue weighted by Gasteiger charge is 2.46. The van der Waals surface area contributed by atoms with Crippen LogP contribution in [0.15, 0.2) is 19.0 Å². The van der Waals surface area contributed by atoms with Crippen LogP contribution in [0.2, 0.25) is 0 Å². The van der Waals surface area contributed by atoms with Crippen LogP contribution in [0, 0.1) is 11.8 Å². The Morgan fingerprint density at radius 3 is 2.30 bits per heavy atom. The highest BCUT2D eigenvalue weighted by atomic mass is 32.2. The van der Waals surface area contributed by atoms with E-state index in [1.807, 2.05) is 0 Å². The SMILES string of the molecule is NCCS(=O)(=O)NC[C@H]1O[C@@H](n2c(C#CCOC[C@H]3O[C@@H](n4cnc5c(N)ncnc54)[C@H](O)[C@@H]3O)nc3c(N)ncnc32)[C@H](O)[C@@H]1O. The summed E-state index contributed by atoms with van der Waals surface area (Å²) < 4.78 is 46.5. The first-order valence-electron chi connectivity index (χ1n) is 14.2. The largest absolute Gasteiger partial charge is 0.387 e. The van der Waals surface area contributed by atoms with Crippen molar-refractivity contribution in [2.24, 2.45) is 5.73 Å². The summed E-state index contributed by atoms with van der Waals surface area (Å²) in [7, 11) is -3.73. The van der Waals surface area contributed by atoms with E-state index in [-0.39, 0.29) is 60.7 Å². The molecule has 0 saturated carbocycles. The van der Waals surface area contributed by atoms with E-state index < -0.39 is 59.1 Å². The molecule has 0 aromatic carbocycles. The minimum atomic E-state index is -3.73. The number of aromatic nitrogens is 8. The number of ether oxygens (including phenoxy) is 3. The number of hydrogen-bond acceptors (Lipinski definition) is 18. The zero-order chi connectivity index (χ0) is 33.5. The molecule has 2 aliphatic heterocycles. The zero-order valence-electron chi connectivity index (χ0n) is 24.4. The highest BCUT2D eigenvalue weighted by Crippen LogP contribution is 2.34. The van der Waals surface area contributed by atoms with Crippen molar-refractivity contribution >= 4 is 44.0 Å². The molecule has 11 N–H and O–H groups in total. The molecule has 8 atom stereocenters. The lowest BCUT2D eigenvalue weighted by molar-refractivity contribution is -0.0615. The third kappa shape index (κ3) is 6.28. The van der Waals surface area contributed by atoms with Crippen LogP contribution in [-0.4, -0.2) is 137 Å². The molecule has 0 aliphatic carbocycles. The monoisotopic (exact) mass is 676 g/mol. The first-order chi connectivity index (χ1) is 22.5. The van der Waals surface area contributed by atoms with Gasteiger partial charge < -0.3 is 51.8 Å². The Labute approximate surface area is 265 Å². The Hall–Kier alpha value is -4.15. The Morgan fingerprint density at radius 2 is 1.55 bits per heavy atom. The van der Waals surface area contributed by atoms with Gasteiger partial charge in [0.1, 0.15) is 61.4 Å². The molecule has 2 aliphatic rings. The third-order valence-corrected chi connectivity index (χ3v) is 9.02. The summed E-state index contributed by atoms with van der Waals surface area (Å²) in [4.78, 5) is 24.7. The number of fused-ring (bicyclic) bond motifs is 2. The van der Waals surface area contributed by atoms with Crippen LogP contribution >= 0.6 is 0 Å². The van der Waals surface area contributed by atoms with Crippen LogP contribution < -0.4 is 21.9 Å². The summed E-state index contributed by atoms with van der Waals surface area (Å²) in [6.07, 6.45) is -6.22. The van der Waals surface area contributed by atoms with E-state index in [0.29, 0.717) is 11.2 Å². The van der Waals surface area contributed by atoms with Crippen molar-refractivity contribution in [1.29, 1.82) is 0 Å². The molecule has 2 fully saturated rings. The second-order valence-corrected chi connectivity index (χ2v) is 12.6. The molecule has 0 spiro atoms. The second kappa shape index (κ2) is 13.2. The molecule has 6 rings (SSSR count). The molecule has 22 heteroatoms. The number of rotatable bonds is 10. The number of nitrogen functional groups attached to an aromatic ring is 2. The first-order valence-corrected chi connectivity index (χ1v) is 15.8. The van der Waals surface area contributed by atoms with Crippen molar-refractivity contribution in [2.75, 3.05) is 43.5 Å². The molecule has 4 aromatic heterocycles. The Bertz CT molecular complexity index is 1930. The van der Waals surface area contributed by atoms with Gasteiger partial charge in [-0.15, -0.1) is 0 Å². The number of imidazole rings is 2. The number of hydrogen-bond donors (Lipinski definition) is 8. The summed E-state index contributed by atoms with van der Waals surface area (Å²) in [6.45, 7) is -0.773. The number of anilines is 2. The third-order valence-electron chi connectivity index (χ3n) is 7.64. The minimum Gasteiger partial charge on any atom is -0.387 e. The van der Waals surface area contributed by atoms with Crippen LogP contribution in [0.1, 0.15) is 18.3 Å². The predicted molar refractivity (Wildman–Crippen MR) is 160 cm³/mol. The number of aliphatic hydroxyl groups is 4. The Balaban J connectivity index is 1.15. The van der Waals surface area contributed by atoms with E-state index in [1.165, 1.54) is 28.1 Å². The average Bonchev–Trinajstić information content (AvgIpc) is 3.77. The molecule has 0 bridgehead atoms. The van der Waals surface area contributed by atoms with E-state index >= 15 is 0 Å². The molecule has 0 radical (unpaired) electrons. The smallest absolute Gasteiger partial charge is 0.212 e. The lowest BCUT2D eigenvalue weighted by atomic mass is 10.1. The van der Waals surface area contributed by atoms with Gasteiger partial charge in [0.15, 0.2) is 46.7 Å². The minimum absolute atomic E-state index is 0.0208. The summed E-state index contributed by atoms with van der Waals surface area (Å²) in [5, 5.41) is 42.8. The maximum atomic E-state index is 12.1. The molecule has 4 aromatic rings. The summed E-state index contributed by atoms with van der Waals surface area (Å²) in [5.74, 6) is 5.43. The summed E-state index contributed by atoms with van der Waals surface area (Å²) in [6, 6.07) is 0. The fraction of sp³-hybridized carbons (Fsp3) is 0.520. The van der Waals surface area contributed by atoms with Gasteiger partial charge in [0, 0.05) is 13.1 Å². The molecule has 47 heavy (non-hydrogen) atoms. The lowest BCUT2D eigenvalue weighted by Gasteiger charge is -2.18. The first kappa shape index (κ1) is 32.8. The van der Waals surface area contributed by atoms with Gasteiger partial charge >= 0.3 is 0 Å².